The lowest BCUT2D eigenvalue weighted by Crippen LogP contribution is -2.57. The number of carbonyl (C=O) groups excluding carboxylic acids is 1. The van der Waals surface area contributed by atoms with Gasteiger partial charge in [0.2, 0.25) is 0 Å². The Morgan fingerprint density at radius 1 is 1.00 bits per heavy atom. The van der Waals surface area contributed by atoms with Gasteiger partial charge < -0.3 is 18.0 Å². The minimum absolute atomic E-state index is 0.353. The standard InChI is InChI=1S/C15H30O5Si/c1-7-10-17-21(18-11-8-2,19-12-9-3)14(6)20-15(16)13(4)5/h14H,4,7-12H2,1-3,5-6H3. The van der Waals surface area contributed by atoms with Crippen molar-refractivity contribution in [1.82, 2.24) is 0 Å². The topological polar surface area (TPSA) is 54.0 Å². The maximum absolute atomic E-state index is 11.8. The van der Waals surface area contributed by atoms with Gasteiger partial charge in [0.05, 0.1) is 0 Å². The molecule has 0 aromatic carbocycles. The lowest BCUT2D eigenvalue weighted by molar-refractivity contribution is -0.143. The summed E-state index contributed by atoms with van der Waals surface area (Å²) in [6, 6.07) is 0. The first-order valence-corrected chi connectivity index (χ1v) is 9.52. The summed E-state index contributed by atoms with van der Waals surface area (Å²) in [4.78, 5) is 11.8. The highest BCUT2D eigenvalue weighted by Crippen LogP contribution is 2.20. The molecule has 5 nitrogen and oxygen atoms in total. The molecule has 0 saturated heterocycles. The smallest absolute Gasteiger partial charge is 0.455 e. The van der Waals surface area contributed by atoms with E-state index in [-0.39, 0.29) is 0 Å². The van der Waals surface area contributed by atoms with Crippen LogP contribution in [0.4, 0.5) is 0 Å². The first-order valence-electron chi connectivity index (χ1n) is 7.71. The van der Waals surface area contributed by atoms with E-state index in [1.54, 1.807) is 13.8 Å². The molecule has 0 rings (SSSR count). The molecule has 0 spiro atoms. The van der Waals surface area contributed by atoms with E-state index in [0.29, 0.717) is 25.4 Å². The van der Waals surface area contributed by atoms with E-state index in [1.807, 2.05) is 20.8 Å². The number of rotatable bonds is 12. The Morgan fingerprint density at radius 2 is 1.38 bits per heavy atom. The maximum Gasteiger partial charge on any atom is 0.543 e. The monoisotopic (exact) mass is 318 g/mol. The SMILES string of the molecule is C=C(C)C(=O)OC(C)[Si](OCCC)(OCCC)OCCC. The quantitative estimate of drug-likeness (QED) is 0.314. The fraction of sp³-hybridized carbons (Fsp3) is 0.800. The largest absolute Gasteiger partial charge is 0.543 e. The zero-order valence-corrected chi connectivity index (χ0v) is 15.1. The molecule has 0 radical (unpaired) electrons. The van der Waals surface area contributed by atoms with E-state index in [0.717, 1.165) is 19.3 Å². The van der Waals surface area contributed by atoms with Crippen LogP contribution < -0.4 is 0 Å². The Labute approximate surface area is 130 Å². The molecule has 0 bridgehead atoms. The average molecular weight is 318 g/mol. The van der Waals surface area contributed by atoms with Crippen LogP contribution in [0.5, 0.6) is 0 Å². The molecule has 1 atom stereocenters. The van der Waals surface area contributed by atoms with Crippen LogP contribution in [0.1, 0.15) is 53.9 Å². The third kappa shape index (κ3) is 7.22. The van der Waals surface area contributed by atoms with Crippen LogP contribution in [0.3, 0.4) is 0 Å². The Balaban J connectivity index is 5.07. The number of carbonyl (C=O) groups is 1. The Bertz CT molecular complexity index is 297. The van der Waals surface area contributed by atoms with Crippen molar-refractivity contribution in [2.75, 3.05) is 19.8 Å². The van der Waals surface area contributed by atoms with Crippen molar-refractivity contribution in [3.63, 3.8) is 0 Å². The summed E-state index contributed by atoms with van der Waals surface area (Å²) in [5, 5.41) is 0. The van der Waals surface area contributed by atoms with Crippen LogP contribution in [0.15, 0.2) is 12.2 Å². The minimum atomic E-state index is -3.05. The van der Waals surface area contributed by atoms with Gasteiger partial charge in [-0.2, -0.15) is 0 Å². The molecule has 0 N–H and O–H groups in total. The Kier molecular flexibility index (Phi) is 10.6. The van der Waals surface area contributed by atoms with Gasteiger partial charge in [0.15, 0.2) is 5.73 Å². The second kappa shape index (κ2) is 11.0. The summed E-state index contributed by atoms with van der Waals surface area (Å²) < 4.78 is 23.2. The van der Waals surface area contributed by atoms with Crippen molar-refractivity contribution >= 4 is 14.8 Å². The predicted molar refractivity (Wildman–Crippen MR) is 84.9 cm³/mol. The first-order chi connectivity index (χ1) is 9.93. The van der Waals surface area contributed by atoms with Crippen LogP contribution in [-0.2, 0) is 22.8 Å². The summed E-state index contributed by atoms with van der Waals surface area (Å²) >= 11 is 0. The number of ether oxygens (including phenoxy) is 1. The molecule has 0 heterocycles. The van der Waals surface area contributed by atoms with Gasteiger partial charge in [-0.05, 0) is 33.1 Å². The third-order valence-electron chi connectivity index (χ3n) is 2.65. The normalized spacial score (nSPS) is 13.0. The minimum Gasteiger partial charge on any atom is -0.455 e. The van der Waals surface area contributed by atoms with E-state index in [2.05, 4.69) is 6.58 Å². The first kappa shape index (κ1) is 20.3. The van der Waals surface area contributed by atoms with Gasteiger partial charge in [0.1, 0.15) is 0 Å². The van der Waals surface area contributed by atoms with Gasteiger partial charge in [-0.3, -0.25) is 0 Å². The van der Waals surface area contributed by atoms with E-state index in [9.17, 15) is 4.79 Å². The highest BCUT2D eigenvalue weighted by Gasteiger charge is 2.50. The summed E-state index contributed by atoms with van der Waals surface area (Å²) in [5.74, 6) is -0.445. The number of hydrogen-bond acceptors (Lipinski definition) is 5. The van der Waals surface area contributed by atoms with Crippen molar-refractivity contribution in [1.29, 1.82) is 0 Å². The van der Waals surface area contributed by atoms with Crippen molar-refractivity contribution < 1.29 is 22.8 Å². The zero-order valence-electron chi connectivity index (χ0n) is 14.1. The van der Waals surface area contributed by atoms with Gasteiger partial charge in [-0.1, -0.05) is 27.4 Å². The maximum atomic E-state index is 11.8. The second-order valence-electron chi connectivity index (χ2n) is 4.98. The van der Waals surface area contributed by atoms with Crippen molar-refractivity contribution in [3.8, 4) is 0 Å². The van der Waals surface area contributed by atoms with Gasteiger partial charge in [0.25, 0.3) is 0 Å². The van der Waals surface area contributed by atoms with E-state index < -0.39 is 20.5 Å². The van der Waals surface area contributed by atoms with Gasteiger partial charge in [0, 0.05) is 25.4 Å². The fourth-order valence-corrected chi connectivity index (χ4v) is 4.21. The Morgan fingerprint density at radius 3 is 1.67 bits per heavy atom. The molecule has 0 fully saturated rings. The number of esters is 1. The fourth-order valence-electron chi connectivity index (χ4n) is 1.54. The zero-order chi connectivity index (χ0) is 16.3. The summed E-state index contributed by atoms with van der Waals surface area (Å²) in [6.45, 7) is 14.6. The molecule has 0 aromatic heterocycles. The molecule has 0 aliphatic rings. The van der Waals surface area contributed by atoms with Crippen LogP contribution in [-0.4, -0.2) is 40.3 Å². The van der Waals surface area contributed by atoms with Crippen molar-refractivity contribution in [2.24, 2.45) is 0 Å². The molecule has 0 aliphatic heterocycles. The summed E-state index contributed by atoms with van der Waals surface area (Å²) in [7, 11) is -3.05. The predicted octanol–water partition coefficient (Wildman–Crippen LogP) is 3.25. The van der Waals surface area contributed by atoms with Crippen LogP contribution >= 0.6 is 0 Å². The Hall–Kier alpha value is -0.693. The number of hydrogen-bond donors (Lipinski definition) is 0. The molecule has 0 aliphatic carbocycles. The lowest BCUT2D eigenvalue weighted by atomic mass is 10.4. The average Bonchev–Trinajstić information content (AvgIpc) is 2.46. The van der Waals surface area contributed by atoms with Crippen LogP contribution in [0.25, 0.3) is 0 Å². The second-order valence-corrected chi connectivity index (χ2v) is 7.86. The van der Waals surface area contributed by atoms with Crippen molar-refractivity contribution in [2.45, 2.75) is 59.6 Å². The molecule has 124 valence electrons. The molecular formula is C15H30O5Si. The van der Waals surface area contributed by atoms with E-state index in [1.165, 1.54) is 0 Å². The van der Waals surface area contributed by atoms with Crippen LogP contribution in [0.2, 0.25) is 0 Å². The molecule has 1 unspecified atom stereocenters. The lowest BCUT2D eigenvalue weighted by Gasteiger charge is -2.33. The molecule has 21 heavy (non-hydrogen) atoms. The third-order valence-corrected chi connectivity index (χ3v) is 5.59. The highest BCUT2D eigenvalue weighted by atomic mass is 28.4. The molecule has 0 aromatic rings. The summed E-state index contributed by atoms with van der Waals surface area (Å²) in [5.41, 5.74) is -0.197. The van der Waals surface area contributed by atoms with Crippen LogP contribution in [0, 0.1) is 0 Å². The van der Waals surface area contributed by atoms with Crippen molar-refractivity contribution in [3.05, 3.63) is 12.2 Å². The molecular weight excluding hydrogens is 288 g/mol. The van der Waals surface area contributed by atoms with Gasteiger partial charge in [-0.15, -0.1) is 0 Å². The molecule has 0 amide bonds. The van der Waals surface area contributed by atoms with Gasteiger partial charge in [-0.25, -0.2) is 4.79 Å². The van der Waals surface area contributed by atoms with Gasteiger partial charge >= 0.3 is 14.8 Å². The summed E-state index contributed by atoms with van der Waals surface area (Å²) in [6.07, 6.45) is 2.54. The molecule has 6 heteroatoms. The van der Waals surface area contributed by atoms with E-state index in [4.69, 9.17) is 18.0 Å². The van der Waals surface area contributed by atoms with E-state index >= 15 is 0 Å². The highest BCUT2D eigenvalue weighted by molar-refractivity contribution is 6.62. The molecule has 0 saturated carbocycles.